The number of benzene rings is 2. The molecule has 114 valence electrons. The van der Waals surface area contributed by atoms with E-state index in [4.69, 9.17) is 4.74 Å². The molecule has 2 aromatic carbocycles. The van der Waals surface area contributed by atoms with Crippen LogP contribution in [-0.4, -0.2) is 18.5 Å². The summed E-state index contributed by atoms with van der Waals surface area (Å²) >= 11 is 0. The van der Waals surface area contributed by atoms with Crippen LogP contribution in [-0.2, 0) is 4.79 Å². The Hall–Kier alpha value is -2.33. The van der Waals surface area contributed by atoms with Crippen LogP contribution < -0.4 is 15.4 Å². The van der Waals surface area contributed by atoms with E-state index in [1.165, 1.54) is 0 Å². The number of anilines is 1. The number of amides is 1. The highest BCUT2D eigenvalue weighted by atomic mass is 16.5. The normalized spacial score (nSPS) is 17.2. The molecule has 0 radical (unpaired) electrons. The van der Waals surface area contributed by atoms with Crippen LogP contribution in [0.1, 0.15) is 19.3 Å². The second-order valence-corrected chi connectivity index (χ2v) is 5.49. The summed E-state index contributed by atoms with van der Waals surface area (Å²) in [4.78, 5) is 12.0. The van der Waals surface area contributed by atoms with E-state index in [0.29, 0.717) is 12.5 Å². The van der Waals surface area contributed by atoms with Gasteiger partial charge < -0.3 is 15.4 Å². The Morgan fingerprint density at radius 3 is 2.50 bits per heavy atom. The van der Waals surface area contributed by atoms with E-state index in [-0.39, 0.29) is 5.91 Å². The molecular formula is C18H20N2O2. The van der Waals surface area contributed by atoms with Gasteiger partial charge in [0.25, 0.3) is 0 Å². The van der Waals surface area contributed by atoms with E-state index in [2.05, 4.69) is 10.6 Å². The zero-order valence-electron chi connectivity index (χ0n) is 12.4. The average Bonchev–Trinajstić information content (AvgIpc) is 3.03. The van der Waals surface area contributed by atoms with Crippen molar-refractivity contribution in [2.24, 2.45) is 0 Å². The molecule has 0 aliphatic carbocycles. The fourth-order valence-electron chi connectivity index (χ4n) is 2.60. The number of carbonyl (C=O) groups is 1. The Morgan fingerprint density at radius 1 is 1.09 bits per heavy atom. The molecule has 1 aliphatic heterocycles. The summed E-state index contributed by atoms with van der Waals surface area (Å²) in [5.41, 5.74) is 0.795. The lowest BCUT2D eigenvalue weighted by molar-refractivity contribution is -0.116. The maximum Gasteiger partial charge on any atom is 0.225 e. The Labute approximate surface area is 130 Å². The van der Waals surface area contributed by atoms with Gasteiger partial charge in [-0.25, -0.2) is 0 Å². The predicted octanol–water partition coefficient (Wildman–Crippen LogP) is 3.56. The topological polar surface area (TPSA) is 50.4 Å². The first kappa shape index (κ1) is 14.6. The van der Waals surface area contributed by atoms with Gasteiger partial charge in [-0.3, -0.25) is 4.79 Å². The van der Waals surface area contributed by atoms with Crippen LogP contribution in [0.5, 0.6) is 11.5 Å². The minimum absolute atomic E-state index is 0.0520. The monoisotopic (exact) mass is 296 g/mol. The molecule has 3 rings (SSSR count). The molecule has 1 saturated heterocycles. The zero-order chi connectivity index (χ0) is 15.2. The van der Waals surface area contributed by atoms with Gasteiger partial charge in [0, 0.05) is 18.2 Å². The third-order valence-corrected chi connectivity index (χ3v) is 3.71. The van der Waals surface area contributed by atoms with Crippen molar-refractivity contribution in [1.29, 1.82) is 0 Å². The number of nitrogens with one attached hydrogen (secondary N) is 2. The van der Waals surface area contributed by atoms with Gasteiger partial charge in [-0.15, -0.1) is 0 Å². The highest BCUT2D eigenvalue weighted by molar-refractivity contribution is 5.91. The van der Waals surface area contributed by atoms with Crippen molar-refractivity contribution in [3.63, 3.8) is 0 Å². The molecule has 1 fully saturated rings. The van der Waals surface area contributed by atoms with Crippen molar-refractivity contribution in [2.75, 3.05) is 11.9 Å². The Bertz CT molecular complexity index is 605. The second kappa shape index (κ2) is 7.09. The lowest BCUT2D eigenvalue weighted by Crippen LogP contribution is -2.27. The molecule has 4 heteroatoms. The van der Waals surface area contributed by atoms with Gasteiger partial charge >= 0.3 is 0 Å². The Kier molecular flexibility index (Phi) is 4.71. The minimum Gasteiger partial charge on any atom is -0.457 e. The molecule has 1 atom stereocenters. The van der Waals surface area contributed by atoms with E-state index in [9.17, 15) is 4.79 Å². The molecule has 2 N–H and O–H groups in total. The maximum atomic E-state index is 12.0. The first-order valence-electron chi connectivity index (χ1n) is 7.66. The first-order chi connectivity index (χ1) is 10.8. The van der Waals surface area contributed by atoms with Crippen LogP contribution in [0.25, 0.3) is 0 Å². The molecule has 1 amide bonds. The molecule has 2 aromatic rings. The first-order valence-corrected chi connectivity index (χ1v) is 7.66. The summed E-state index contributed by atoms with van der Waals surface area (Å²) in [5.74, 6) is 1.60. The van der Waals surface area contributed by atoms with Gasteiger partial charge in [-0.05, 0) is 55.8 Å². The molecule has 22 heavy (non-hydrogen) atoms. The van der Waals surface area contributed by atoms with E-state index in [0.717, 1.165) is 36.6 Å². The molecule has 1 heterocycles. The number of rotatable bonds is 5. The van der Waals surface area contributed by atoms with Gasteiger partial charge in [0.1, 0.15) is 11.5 Å². The molecule has 0 aromatic heterocycles. The lowest BCUT2D eigenvalue weighted by atomic mass is 10.1. The lowest BCUT2D eigenvalue weighted by Gasteiger charge is -2.11. The van der Waals surface area contributed by atoms with Crippen LogP contribution in [0.3, 0.4) is 0 Å². The number of para-hydroxylation sites is 1. The highest BCUT2D eigenvalue weighted by Crippen LogP contribution is 2.22. The van der Waals surface area contributed by atoms with Crippen LogP contribution in [0.15, 0.2) is 54.6 Å². The third-order valence-electron chi connectivity index (χ3n) is 3.71. The largest absolute Gasteiger partial charge is 0.457 e. The molecule has 0 bridgehead atoms. The quantitative estimate of drug-likeness (QED) is 0.887. The van der Waals surface area contributed by atoms with Crippen molar-refractivity contribution in [1.82, 2.24) is 5.32 Å². The standard InChI is InChI=1S/C18H20N2O2/c21-18(13-15-5-4-12-19-15)20-14-8-10-17(11-9-14)22-16-6-2-1-3-7-16/h1-3,6-11,15,19H,4-5,12-13H2,(H,20,21). The summed E-state index contributed by atoms with van der Waals surface area (Å²) in [6, 6.07) is 17.4. The van der Waals surface area contributed by atoms with Crippen molar-refractivity contribution in [3.8, 4) is 11.5 Å². The summed E-state index contributed by atoms with van der Waals surface area (Å²) in [7, 11) is 0. The fraction of sp³-hybridized carbons (Fsp3) is 0.278. The molecule has 4 nitrogen and oxygen atoms in total. The van der Waals surface area contributed by atoms with E-state index < -0.39 is 0 Å². The van der Waals surface area contributed by atoms with Crippen LogP contribution in [0, 0.1) is 0 Å². The summed E-state index contributed by atoms with van der Waals surface area (Å²) < 4.78 is 5.72. The maximum absolute atomic E-state index is 12.0. The third kappa shape index (κ3) is 4.09. The number of carbonyl (C=O) groups excluding carboxylic acids is 1. The summed E-state index contributed by atoms with van der Waals surface area (Å²) in [6.07, 6.45) is 2.77. The van der Waals surface area contributed by atoms with Gasteiger partial charge in [0.05, 0.1) is 0 Å². The molecule has 1 unspecified atom stereocenters. The van der Waals surface area contributed by atoms with E-state index in [1.807, 2.05) is 54.6 Å². The molecule has 0 saturated carbocycles. The SMILES string of the molecule is O=C(CC1CCCN1)Nc1ccc(Oc2ccccc2)cc1. The number of hydrogen-bond acceptors (Lipinski definition) is 3. The van der Waals surface area contributed by atoms with Gasteiger partial charge in [0.15, 0.2) is 0 Å². The van der Waals surface area contributed by atoms with E-state index >= 15 is 0 Å². The smallest absolute Gasteiger partial charge is 0.225 e. The number of ether oxygens (including phenoxy) is 1. The van der Waals surface area contributed by atoms with Gasteiger partial charge in [-0.1, -0.05) is 18.2 Å². The van der Waals surface area contributed by atoms with Crippen molar-refractivity contribution < 1.29 is 9.53 Å². The van der Waals surface area contributed by atoms with Crippen molar-refractivity contribution in [2.45, 2.75) is 25.3 Å². The molecular weight excluding hydrogens is 276 g/mol. The van der Waals surface area contributed by atoms with Crippen molar-refractivity contribution >= 4 is 11.6 Å². The van der Waals surface area contributed by atoms with Gasteiger partial charge in [-0.2, -0.15) is 0 Å². The molecule has 0 spiro atoms. The Morgan fingerprint density at radius 2 is 1.82 bits per heavy atom. The highest BCUT2D eigenvalue weighted by Gasteiger charge is 2.17. The predicted molar refractivity (Wildman–Crippen MR) is 87.2 cm³/mol. The van der Waals surface area contributed by atoms with Crippen LogP contribution in [0.2, 0.25) is 0 Å². The van der Waals surface area contributed by atoms with Crippen molar-refractivity contribution in [3.05, 3.63) is 54.6 Å². The van der Waals surface area contributed by atoms with Crippen LogP contribution >= 0.6 is 0 Å². The minimum atomic E-state index is 0.0520. The average molecular weight is 296 g/mol. The summed E-state index contributed by atoms with van der Waals surface area (Å²) in [6.45, 7) is 1.02. The van der Waals surface area contributed by atoms with Crippen LogP contribution in [0.4, 0.5) is 5.69 Å². The fourth-order valence-corrected chi connectivity index (χ4v) is 2.60. The van der Waals surface area contributed by atoms with E-state index in [1.54, 1.807) is 0 Å². The zero-order valence-corrected chi connectivity index (χ0v) is 12.4. The molecule has 1 aliphatic rings. The van der Waals surface area contributed by atoms with Gasteiger partial charge in [0.2, 0.25) is 5.91 Å². The second-order valence-electron chi connectivity index (χ2n) is 5.49. The number of hydrogen-bond donors (Lipinski definition) is 2. The summed E-state index contributed by atoms with van der Waals surface area (Å²) in [5, 5.41) is 6.25. The Balaban J connectivity index is 1.53.